The van der Waals surface area contributed by atoms with Gasteiger partial charge in [-0.05, 0) is 89.2 Å². The zero-order chi connectivity index (χ0) is 25.8. The molecular weight excluding hydrogens is 618 g/mol. The first kappa shape index (κ1) is 26.0. The van der Waals surface area contributed by atoms with Gasteiger partial charge < -0.3 is 9.47 Å². The summed E-state index contributed by atoms with van der Waals surface area (Å²) in [4.78, 5) is 39.0. The molecule has 1 saturated heterocycles. The maximum atomic E-state index is 13.2. The number of benzene rings is 3. The first-order chi connectivity index (χ1) is 17.3. The predicted molar refractivity (Wildman–Crippen MR) is 147 cm³/mol. The fourth-order valence-corrected chi connectivity index (χ4v) is 4.71. The molecule has 4 amide bonds. The second-order valence-electron chi connectivity index (χ2n) is 7.62. The van der Waals surface area contributed by atoms with E-state index in [2.05, 4.69) is 27.9 Å². The monoisotopic (exact) mass is 636 g/mol. The molecule has 0 aliphatic carbocycles. The molecule has 4 rings (SSSR count). The van der Waals surface area contributed by atoms with E-state index in [1.807, 2.05) is 25.1 Å². The third-order valence-electron chi connectivity index (χ3n) is 5.08. The van der Waals surface area contributed by atoms with E-state index in [9.17, 15) is 14.4 Å². The van der Waals surface area contributed by atoms with Crippen molar-refractivity contribution in [2.24, 2.45) is 0 Å². The number of halogens is 3. The highest BCUT2D eigenvalue weighted by atomic mass is 127. The van der Waals surface area contributed by atoms with Crippen molar-refractivity contribution in [3.63, 3.8) is 0 Å². The molecule has 10 heteroatoms. The highest BCUT2D eigenvalue weighted by molar-refractivity contribution is 14.1. The molecule has 0 atom stereocenters. The largest absolute Gasteiger partial charge is 0.490 e. The van der Waals surface area contributed by atoms with Crippen LogP contribution in [0.3, 0.4) is 0 Å². The number of carbonyl (C=O) groups excluding carboxylic acids is 3. The summed E-state index contributed by atoms with van der Waals surface area (Å²) < 4.78 is 12.5. The van der Waals surface area contributed by atoms with Gasteiger partial charge in [-0.2, -0.15) is 0 Å². The first-order valence-corrected chi connectivity index (χ1v) is 12.6. The molecule has 1 aliphatic rings. The third kappa shape index (κ3) is 5.83. The first-order valence-electron chi connectivity index (χ1n) is 10.8. The molecule has 3 aromatic rings. The summed E-state index contributed by atoms with van der Waals surface area (Å²) in [5, 5.41) is 3.16. The Labute approximate surface area is 231 Å². The lowest BCUT2D eigenvalue weighted by Gasteiger charge is -2.26. The van der Waals surface area contributed by atoms with E-state index >= 15 is 0 Å². The Kier molecular flexibility index (Phi) is 8.17. The average Bonchev–Trinajstić information content (AvgIpc) is 2.81. The normalized spacial score (nSPS) is 14.7. The van der Waals surface area contributed by atoms with Crippen LogP contribution >= 0.6 is 45.8 Å². The van der Waals surface area contributed by atoms with Crippen molar-refractivity contribution in [1.29, 1.82) is 0 Å². The summed E-state index contributed by atoms with van der Waals surface area (Å²) in [6.07, 6.45) is 1.41. The highest BCUT2D eigenvalue weighted by Gasteiger charge is 2.37. The minimum absolute atomic E-state index is 0.208. The molecule has 0 bridgehead atoms. The molecule has 3 aromatic carbocycles. The van der Waals surface area contributed by atoms with Crippen LogP contribution < -0.4 is 19.7 Å². The third-order valence-corrected chi connectivity index (χ3v) is 6.35. The molecule has 0 unspecified atom stereocenters. The number of barbiturate groups is 1. The van der Waals surface area contributed by atoms with Crippen molar-refractivity contribution < 1.29 is 23.9 Å². The second kappa shape index (κ2) is 11.3. The Balaban J connectivity index is 1.66. The Bertz CT molecular complexity index is 1390. The summed E-state index contributed by atoms with van der Waals surface area (Å²) >= 11 is 14.2. The van der Waals surface area contributed by atoms with Gasteiger partial charge in [-0.1, -0.05) is 41.4 Å². The smallest absolute Gasteiger partial charge is 0.335 e. The van der Waals surface area contributed by atoms with E-state index in [1.54, 1.807) is 36.4 Å². The number of nitrogens with one attached hydrogen (secondary N) is 1. The van der Waals surface area contributed by atoms with Gasteiger partial charge in [-0.25, -0.2) is 9.69 Å². The van der Waals surface area contributed by atoms with Crippen LogP contribution in [0.1, 0.15) is 18.1 Å². The molecule has 1 N–H and O–H groups in total. The molecule has 184 valence electrons. The fraction of sp³-hybridized carbons (Fsp3) is 0.115. The molecule has 0 saturated carbocycles. The van der Waals surface area contributed by atoms with Crippen molar-refractivity contribution in [2.75, 3.05) is 11.5 Å². The van der Waals surface area contributed by atoms with Crippen LogP contribution in [0.2, 0.25) is 10.0 Å². The molecule has 1 heterocycles. The number of imide groups is 2. The number of anilines is 1. The van der Waals surface area contributed by atoms with E-state index in [4.69, 9.17) is 32.7 Å². The fourth-order valence-electron chi connectivity index (χ4n) is 3.53. The summed E-state index contributed by atoms with van der Waals surface area (Å²) in [6, 6.07) is 16.2. The quantitative estimate of drug-likeness (QED) is 0.189. The molecule has 0 aromatic heterocycles. The Hall–Kier alpha value is -3.08. The van der Waals surface area contributed by atoms with Crippen LogP contribution in [-0.4, -0.2) is 24.5 Å². The summed E-state index contributed by atoms with van der Waals surface area (Å²) in [6.45, 7) is 2.49. The Morgan fingerprint density at radius 2 is 1.69 bits per heavy atom. The molecule has 7 nitrogen and oxygen atoms in total. The lowest BCUT2D eigenvalue weighted by molar-refractivity contribution is -0.122. The number of carbonyl (C=O) groups is 3. The minimum Gasteiger partial charge on any atom is -0.490 e. The standard InChI is InChI=1S/C26H19Cl2IN2O5/c1-2-35-22-12-16(11-21(29)23(22)36-14-15-5-3-6-17(27)9-15)10-20-24(32)30-26(34)31(25(20)33)19-8-4-7-18(28)13-19/h3-13H,2,14H2,1H3,(H,30,32,34)/b20-10+. The maximum Gasteiger partial charge on any atom is 0.335 e. The number of urea groups is 1. The van der Waals surface area contributed by atoms with Crippen molar-refractivity contribution in [3.8, 4) is 11.5 Å². The number of hydrogen-bond donors (Lipinski definition) is 1. The molecule has 1 fully saturated rings. The van der Waals surface area contributed by atoms with Gasteiger partial charge in [0.1, 0.15) is 12.2 Å². The average molecular weight is 637 g/mol. The Morgan fingerprint density at radius 1 is 0.972 bits per heavy atom. The second-order valence-corrected chi connectivity index (χ2v) is 9.65. The van der Waals surface area contributed by atoms with Crippen molar-refractivity contribution >= 4 is 75.4 Å². The Morgan fingerprint density at radius 3 is 2.39 bits per heavy atom. The summed E-state index contributed by atoms with van der Waals surface area (Å²) in [5.74, 6) is -0.586. The molecular formula is C26H19Cl2IN2O5. The van der Waals surface area contributed by atoms with Crippen molar-refractivity contribution in [3.05, 3.63) is 91.0 Å². The molecule has 1 aliphatic heterocycles. The number of hydrogen-bond acceptors (Lipinski definition) is 5. The van der Waals surface area contributed by atoms with Gasteiger partial charge in [0.2, 0.25) is 0 Å². The van der Waals surface area contributed by atoms with Gasteiger partial charge >= 0.3 is 6.03 Å². The summed E-state index contributed by atoms with van der Waals surface area (Å²) in [5.41, 5.74) is 1.46. The maximum absolute atomic E-state index is 13.2. The van der Waals surface area contributed by atoms with Crippen LogP contribution in [0.25, 0.3) is 6.08 Å². The van der Waals surface area contributed by atoms with Gasteiger partial charge in [-0.15, -0.1) is 0 Å². The molecule has 0 spiro atoms. The zero-order valence-electron chi connectivity index (χ0n) is 18.9. The van der Waals surface area contributed by atoms with E-state index < -0.39 is 17.8 Å². The van der Waals surface area contributed by atoms with Gasteiger partial charge in [0.15, 0.2) is 11.5 Å². The van der Waals surface area contributed by atoms with Crippen LogP contribution in [0.4, 0.5) is 10.5 Å². The van der Waals surface area contributed by atoms with E-state index in [-0.39, 0.29) is 17.9 Å². The lowest BCUT2D eigenvalue weighted by atomic mass is 10.1. The molecule has 36 heavy (non-hydrogen) atoms. The van der Waals surface area contributed by atoms with E-state index in [0.29, 0.717) is 37.3 Å². The SMILES string of the molecule is CCOc1cc(/C=C2\C(=O)NC(=O)N(c3cccc(Cl)c3)C2=O)cc(I)c1OCc1cccc(Cl)c1. The van der Waals surface area contributed by atoms with Crippen LogP contribution in [-0.2, 0) is 16.2 Å². The van der Waals surface area contributed by atoms with Gasteiger partial charge in [-0.3, -0.25) is 14.9 Å². The van der Waals surface area contributed by atoms with E-state index in [0.717, 1.165) is 10.5 Å². The minimum atomic E-state index is -0.848. The van der Waals surface area contributed by atoms with Crippen molar-refractivity contribution in [1.82, 2.24) is 5.32 Å². The predicted octanol–water partition coefficient (Wildman–Crippen LogP) is 6.24. The number of amides is 4. The van der Waals surface area contributed by atoms with Crippen molar-refractivity contribution in [2.45, 2.75) is 13.5 Å². The van der Waals surface area contributed by atoms with Crippen LogP contribution in [0.15, 0.2) is 66.2 Å². The lowest BCUT2D eigenvalue weighted by Crippen LogP contribution is -2.54. The number of ether oxygens (including phenoxy) is 2. The molecule has 0 radical (unpaired) electrons. The highest BCUT2D eigenvalue weighted by Crippen LogP contribution is 2.36. The van der Waals surface area contributed by atoms with Gasteiger partial charge in [0.05, 0.1) is 15.9 Å². The van der Waals surface area contributed by atoms with Gasteiger partial charge in [0, 0.05) is 10.0 Å². The van der Waals surface area contributed by atoms with Crippen LogP contribution in [0, 0.1) is 3.57 Å². The topological polar surface area (TPSA) is 84.9 Å². The zero-order valence-corrected chi connectivity index (χ0v) is 22.6. The summed E-state index contributed by atoms with van der Waals surface area (Å²) in [7, 11) is 0. The van der Waals surface area contributed by atoms with E-state index in [1.165, 1.54) is 12.1 Å². The van der Waals surface area contributed by atoms with Crippen LogP contribution in [0.5, 0.6) is 11.5 Å². The number of nitrogens with zero attached hydrogens (tertiary/aromatic N) is 1. The number of rotatable bonds is 7. The van der Waals surface area contributed by atoms with Gasteiger partial charge in [0.25, 0.3) is 11.8 Å².